The molecular formula is C25H26N2O8S2. The molecule has 0 saturated carbocycles. The number of non-ortho nitro benzene ring substituents is 1. The summed E-state index contributed by atoms with van der Waals surface area (Å²) in [5.74, 6) is 4.44. The number of hydrogen-bond donors (Lipinski definition) is 2. The standard InChI is InChI=1S/C13H13NO3S.C12H13NO5S/c1-3-4-12(15)13(18(2,16)17)11-7-5-10(9-14)6-8-11;1-3-4-11(14)12(19(2,17)18)9-5-7-10(8-6-9)13(15)16/h1,5-8,12-13,15H,4H2,2H3;1,5-8,11-12,14H,4H2,2H3. The average Bonchev–Trinajstić information content (AvgIpc) is 2.79. The van der Waals surface area contributed by atoms with Crippen molar-refractivity contribution in [2.75, 3.05) is 12.5 Å². The van der Waals surface area contributed by atoms with Gasteiger partial charge in [0.25, 0.3) is 5.69 Å². The maximum atomic E-state index is 11.7. The van der Waals surface area contributed by atoms with Crippen LogP contribution in [0.5, 0.6) is 0 Å². The van der Waals surface area contributed by atoms with Gasteiger partial charge in [-0.15, -0.1) is 24.7 Å². The monoisotopic (exact) mass is 546 g/mol. The molecule has 0 amide bonds. The minimum atomic E-state index is -3.59. The van der Waals surface area contributed by atoms with Crippen LogP contribution in [0.15, 0.2) is 48.5 Å². The number of nitrogens with zero attached hydrogens (tertiary/aromatic N) is 2. The van der Waals surface area contributed by atoms with Crippen LogP contribution in [-0.2, 0) is 19.7 Å². The zero-order valence-corrected chi connectivity index (χ0v) is 21.7. The number of rotatable bonds is 9. The lowest BCUT2D eigenvalue weighted by Gasteiger charge is -2.20. The smallest absolute Gasteiger partial charge is 0.269 e. The number of aliphatic hydroxyl groups is 2. The molecular weight excluding hydrogens is 520 g/mol. The van der Waals surface area contributed by atoms with Crippen LogP contribution in [0.1, 0.15) is 40.0 Å². The van der Waals surface area contributed by atoms with Crippen molar-refractivity contribution < 1.29 is 32.0 Å². The topological polar surface area (TPSA) is 176 Å². The lowest BCUT2D eigenvalue weighted by atomic mass is 10.0. The Labute approximate surface area is 216 Å². The van der Waals surface area contributed by atoms with Gasteiger partial charge >= 0.3 is 0 Å². The van der Waals surface area contributed by atoms with E-state index in [0.29, 0.717) is 11.1 Å². The summed E-state index contributed by atoms with van der Waals surface area (Å²) < 4.78 is 46.8. The number of aliphatic hydroxyl groups excluding tert-OH is 2. The third-order valence-electron chi connectivity index (χ3n) is 5.08. The van der Waals surface area contributed by atoms with E-state index < -0.39 is 47.3 Å². The van der Waals surface area contributed by atoms with Crippen molar-refractivity contribution in [3.63, 3.8) is 0 Å². The molecule has 0 bridgehead atoms. The van der Waals surface area contributed by atoms with Crippen LogP contribution in [0.3, 0.4) is 0 Å². The van der Waals surface area contributed by atoms with Gasteiger partial charge in [-0.3, -0.25) is 10.1 Å². The van der Waals surface area contributed by atoms with Crippen molar-refractivity contribution in [1.82, 2.24) is 0 Å². The van der Waals surface area contributed by atoms with Crippen molar-refractivity contribution in [1.29, 1.82) is 5.26 Å². The van der Waals surface area contributed by atoms with E-state index in [2.05, 4.69) is 11.8 Å². The fourth-order valence-electron chi connectivity index (χ4n) is 3.50. The molecule has 10 nitrogen and oxygen atoms in total. The molecule has 0 aliphatic rings. The first-order chi connectivity index (χ1) is 17.2. The second-order valence-electron chi connectivity index (χ2n) is 8.03. The lowest BCUT2D eigenvalue weighted by Crippen LogP contribution is -2.25. The van der Waals surface area contributed by atoms with E-state index in [-0.39, 0.29) is 24.1 Å². The van der Waals surface area contributed by atoms with Crippen molar-refractivity contribution in [3.8, 4) is 30.8 Å². The Morgan fingerprint density at radius 3 is 1.46 bits per heavy atom. The molecule has 0 spiro atoms. The van der Waals surface area contributed by atoms with Crippen LogP contribution in [-0.4, -0.2) is 56.7 Å². The van der Waals surface area contributed by atoms with E-state index in [1.165, 1.54) is 48.5 Å². The Hall–Kier alpha value is -3.73. The fourth-order valence-corrected chi connectivity index (χ4v) is 6.13. The summed E-state index contributed by atoms with van der Waals surface area (Å²) in [5.41, 5.74) is 0.981. The molecule has 0 heterocycles. The van der Waals surface area contributed by atoms with Gasteiger partial charge in [0, 0.05) is 37.5 Å². The summed E-state index contributed by atoms with van der Waals surface area (Å²) in [4.78, 5) is 9.94. The van der Waals surface area contributed by atoms with Gasteiger partial charge < -0.3 is 10.2 Å². The number of nitro benzene ring substituents is 1. The molecule has 2 aromatic rings. The van der Waals surface area contributed by atoms with Gasteiger partial charge in [0.1, 0.15) is 10.5 Å². The van der Waals surface area contributed by atoms with Crippen LogP contribution >= 0.6 is 0 Å². The van der Waals surface area contributed by atoms with Crippen LogP contribution in [0.2, 0.25) is 0 Å². The van der Waals surface area contributed by atoms with Crippen molar-refractivity contribution in [3.05, 3.63) is 75.3 Å². The molecule has 12 heteroatoms. The van der Waals surface area contributed by atoms with Crippen LogP contribution < -0.4 is 0 Å². The van der Waals surface area contributed by atoms with Gasteiger partial charge in [0.05, 0.1) is 28.8 Å². The molecule has 0 radical (unpaired) electrons. The number of nitriles is 1. The van der Waals surface area contributed by atoms with E-state index in [1.54, 1.807) is 0 Å². The zero-order chi connectivity index (χ0) is 28.4. The Bertz CT molecular complexity index is 1410. The summed E-state index contributed by atoms with van der Waals surface area (Å²) in [7, 11) is -7.08. The van der Waals surface area contributed by atoms with E-state index in [1.807, 2.05) is 6.07 Å². The number of hydrogen-bond acceptors (Lipinski definition) is 9. The minimum absolute atomic E-state index is 0.0439. The minimum Gasteiger partial charge on any atom is -0.390 e. The van der Waals surface area contributed by atoms with Crippen LogP contribution in [0.4, 0.5) is 5.69 Å². The molecule has 2 rings (SSSR count). The summed E-state index contributed by atoms with van der Waals surface area (Å²) >= 11 is 0. The summed E-state index contributed by atoms with van der Waals surface area (Å²) in [6.07, 6.45) is 9.62. The first kappa shape index (κ1) is 31.3. The molecule has 2 N–H and O–H groups in total. The van der Waals surface area contributed by atoms with Gasteiger partial charge in [-0.25, -0.2) is 16.8 Å². The second-order valence-corrected chi connectivity index (χ2v) is 12.4. The van der Waals surface area contributed by atoms with Crippen LogP contribution in [0, 0.1) is 46.1 Å². The van der Waals surface area contributed by atoms with Gasteiger partial charge in [-0.05, 0) is 23.3 Å². The molecule has 37 heavy (non-hydrogen) atoms. The molecule has 2 aromatic carbocycles. The molecule has 0 aliphatic carbocycles. The predicted molar refractivity (Wildman–Crippen MR) is 138 cm³/mol. The zero-order valence-electron chi connectivity index (χ0n) is 20.1. The predicted octanol–water partition coefficient (Wildman–Crippen LogP) is 2.09. The van der Waals surface area contributed by atoms with Gasteiger partial charge in [-0.2, -0.15) is 5.26 Å². The van der Waals surface area contributed by atoms with Gasteiger partial charge in [0.2, 0.25) is 0 Å². The maximum Gasteiger partial charge on any atom is 0.269 e. The lowest BCUT2D eigenvalue weighted by molar-refractivity contribution is -0.384. The molecule has 0 fully saturated rings. The average molecular weight is 547 g/mol. The Morgan fingerprint density at radius 2 is 1.19 bits per heavy atom. The molecule has 4 atom stereocenters. The highest BCUT2D eigenvalue weighted by Crippen LogP contribution is 2.29. The van der Waals surface area contributed by atoms with Crippen molar-refractivity contribution in [2.24, 2.45) is 0 Å². The van der Waals surface area contributed by atoms with E-state index in [9.17, 15) is 37.2 Å². The number of benzene rings is 2. The number of terminal acetylenes is 2. The van der Waals surface area contributed by atoms with Gasteiger partial charge in [0.15, 0.2) is 19.7 Å². The highest BCUT2D eigenvalue weighted by Gasteiger charge is 2.31. The quantitative estimate of drug-likeness (QED) is 0.271. The number of nitro groups is 1. The maximum absolute atomic E-state index is 11.7. The molecule has 196 valence electrons. The number of sulfone groups is 2. The molecule has 4 unspecified atom stereocenters. The first-order valence-electron chi connectivity index (χ1n) is 10.5. The Morgan fingerprint density at radius 1 is 0.838 bits per heavy atom. The largest absolute Gasteiger partial charge is 0.390 e. The van der Waals surface area contributed by atoms with E-state index in [0.717, 1.165) is 12.5 Å². The molecule has 0 aliphatic heterocycles. The third-order valence-corrected chi connectivity index (χ3v) is 8.09. The Kier molecular flexibility index (Phi) is 11.5. The third kappa shape index (κ3) is 9.34. The molecule has 0 saturated heterocycles. The van der Waals surface area contributed by atoms with Crippen molar-refractivity contribution in [2.45, 2.75) is 35.5 Å². The van der Waals surface area contributed by atoms with Crippen molar-refractivity contribution >= 4 is 25.4 Å². The second kappa shape index (κ2) is 13.5. The SMILES string of the molecule is C#CCC(O)C(c1ccc(C#N)cc1)S(C)(=O)=O.C#CCC(O)C(c1ccc([N+](=O)[O-])cc1)S(C)(=O)=O. The summed E-state index contributed by atoms with van der Waals surface area (Å²) in [5, 5.41) is 36.6. The summed E-state index contributed by atoms with van der Waals surface area (Å²) in [6.45, 7) is 0. The highest BCUT2D eigenvalue weighted by molar-refractivity contribution is 7.91. The fraction of sp³-hybridized carbons (Fsp3) is 0.320. The normalized spacial score (nSPS) is 14.3. The first-order valence-corrected chi connectivity index (χ1v) is 14.4. The highest BCUT2D eigenvalue weighted by atomic mass is 32.2. The van der Waals surface area contributed by atoms with E-state index in [4.69, 9.17) is 18.1 Å². The Balaban J connectivity index is 0.000000371. The van der Waals surface area contributed by atoms with Gasteiger partial charge in [-0.1, -0.05) is 24.3 Å². The molecule has 0 aromatic heterocycles. The van der Waals surface area contributed by atoms with E-state index >= 15 is 0 Å². The summed E-state index contributed by atoms with van der Waals surface area (Å²) in [6, 6.07) is 13.0. The van der Waals surface area contributed by atoms with Crippen LogP contribution in [0.25, 0.3) is 0 Å².